The first kappa shape index (κ1) is 18.5. The molecule has 28 heavy (non-hydrogen) atoms. The molecule has 6 nitrogen and oxygen atoms in total. The topological polar surface area (TPSA) is 76.1 Å². The molecule has 0 bridgehead atoms. The Labute approximate surface area is 163 Å². The predicted molar refractivity (Wildman–Crippen MR) is 103 cm³/mol. The van der Waals surface area contributed by atoms with Crippen molar-refractivity contribution in [2.75, 3.05) is 13.2 Å². The normalized spacial score (nSPS) is 23.8. The lowest BCUT2D eigenvalue weighted by atomic mass is 9.98. The summed E-state index contributed by atoms with van der Waals surface area (Å²) in [5.74, 6) is -1.15. The lowest BCUT2D eigenvalue weighted by molar-refractivity contribution is -0.159. The summed E-state index contributed by atoms with van der Waals surface area (Å²) >= 11 is 0. The van der Waals surface area contributed by atoms with Crippen LogP contribution in [0.3, 0.4) is 0 Å². The highest BCUT2D eigenvalue weighted by molar-refractivity contribution is 5.81. The summed E-state index contributed by atoms with van der Waals surface area (Å²) in [5, 5.41) is 9.52. The van der Waals surface area contributed by atoms with Crippen LogP contribution in [0.1, 0.15) is 30.9 Å². The van der Waals surface area contributed by atoms with E-state index in [1.54, 1.807) is 6.92 Å². The van der Waals surface area contributed by atoms with Gasteiger partial charge in [-0.05, 0) is 36.1 Å². The van der Waals surface area contributed by atoms with Gasteiger partial charge in [-0.3, -0.25) is 4.90 Å². The molecule has 3 atom stereocenters. The third-order valence-corrected chi connectivity index (χ3v) is 5.50. The summed E-state index contributed by atoms with van der Waals surface area (Å²) in [7, 11) is 0. The maximum Gasteiger partial charge on any atom is 0.410 e. The minimum atomic E-state index is -1.09. The standard InChI is InChI=1S/C22H23NO5/c1-13-11-23(20(21(24)25)14(2)28-13)22(26)27-12-19-17-9-5-3-7-15(17)16-8-4-6-10-18(16)19/h3-10,13-14,19-20H,11-12H2,1-2H3,(H,24,25)/t13-,14+,20?/m0/s1. The molecule has 2 aliphatic rings. The van der Waals surface area contributed by atoms with Crippen LogP contribution in [-0.4, -0.2) is 53.5 Å². The van der Waals surface area contributed by atoms with Gasteiger partial charge in [0.25, 0.3) is 0 Å². The Hall–Kier alpha value is -2.86. The molecule has 6 heteroatoms. The van der Waals surface area contributed by atoms with E-state index in [2.05, 4.69) is 12.1 Å². The molecular formula is C22H23NO5. The molecule has 0 saturated carbocycles. The number of benzene rings is 2. The van der Waals surface area contributed by atoms with Crippen LogP contribution in [0.15, 0.2) is 48.5 Å². The van der Waals surface area contributed by atoms with E-state index in [0.717, 1.165) is 22.3 Å². The first-order valence-electron chi connectivity index (χ1n) is 9.47. The van der Waals surface area contributed by atoms with Crippen molar-refractivity contribution < 1.29 is 24.2 Å². The third-order valence-electron chi connectivity index (χ3n) is 5.50. The smallest absolute Gasteiger partial charge is 0.410 e. The van der Waals surface area contributed by atoms with E-state index in [1.165, 1.54) is 4.90 Å². The Morgan fingerprint density at radius 1 is 1.07 bits per heavy atom. The number of amides is 1. The number of fused-ring (bicyclic) bond motifs is 3. The molecule has 0 aromatic heterocycles. The van der Waals surface area contributed by atoms with Crippen molar-refractivity contribution in [2.45, 2.75) is 38.0 Å². The summed E-state index contributed by atoms with van der Waals surface area (Å²) in [5.41, 5.74) is 4.54. The number of nitrogens with zero attached hydrogens (tertiary/aromatic N) is 1. The monoisotopic (exact) mass is 381 g/mol. The molecule has 1 heterocycles. The summed E-state index contributed by atoms with van der Waals surface area (Å²) in [4.78, 5) is 25.7. The van der Waals surface area contributed by atoms with E-state index in [9.17, 15) is 14.7 Å². The van der Waals surface area contributed by atoms with E-state index >= 15 is 0 Å². The molecule has 1 amide bonds. The molecule has 1 aliphatic carbocycles. The Kier molecular flexibility index (Phi) is 4.81. The van der Waals surface area contributed by atoms with Gasteiger partial charge in [0.2, 0.25) is 0 Å². The maximum atomic E-state index is 12.8. The number of carboxylic acids is 1. The van der Waals surface area contributed by atoms with E-state index in [-0.39, 0.29) is 25.2 Å². The summed E-state index contributed by atoms with van der Waals surface area (Å²) in [6, 6.07) is 15.1. The van der Waals surface area contributed by atoms with Crippen LogP contribution in [-0.2, 0) is 14.3 Å². The first-order valence-corrected chi connectivity index (χ1v) is 9.47. The number of hydrogen-bond acceptors (Lipinski definition) is 4. The lowest BCUT2D eigenvalue weighted by Gasteiger charge is -2.39. The largest absolute Gasteiger partial charge is 0.480 e. The summed E-state index contributed by atoms with van der Waals surface area (Å²) < 4.78 is 11.2. The van der Waals surface area contributed by atoms with Gasteiger partial charge in [0.1, 0.15) is 6.61 Å². The molecular weight excluding hydrogens is 358 g/mol. The zero-order chi connectivity index (χ0) is 19.8. The zero-order valence-corrected chi connectivity index (χ0v) is 15.9. The van der Waals surface area contributed by atoms with E-state index < -0.39 is 24.2 Å². The molecule has 1 N–H and O–H groups in total. The van der Waals surface area contributed by atoms with Crippen LogP contribution >= 0.6 is 0 Å². The summed E-state index contributed by atoms with van der Waals surface area (Å²) in [6.07, 6.45) is -1.45. The molecule has 1 saturated heterocycles. The number of aliphatic carboxylic acids is 1. The van der Waals surface area contributed by atoms with Gasteiger partial charge in [-0.25, -0.2) is 9.59 Å². The minimum absolute atomic E-state index is 0.0597. The SMILES string of the molecule is C[C@H]1CN(C(=O)OCC2c3ccccc3-c3ccccc32)C(C(=O)O)[C@@H](C)O1. The molecule has 0 spiro atoms. The predicted octanol–water partition coefficient (Wildman–Crippen LogP) is 3.50. The van der Waals surface area contributed by atoms with Crippen molar-refractivity contribution >= 4 is 12.1 Å². The fraction of sp³-hybridized carbons (Fsp3) is 0.364. The van der Waals surface area contributed by atoms with Crippen LogP contribution in [0.5, 0.6) is 0 Å². The van der Waals surface area contributed by atoms with Crippen LogP contribution in [0.25, 0.3) is 11.1 Å². The summed E-state index contributed by atoms with van der Waals surface area (Å²) in [6.45, 7) is 3.84. The first-order chi connectivity index (χ1) is 13.5. The average molecular weight is 381 g/mol. The van der Waals surface area contributed by atoms with Crippen LogP contribution in [0, 0.1) is 0 Å². The Bertz CT molecular complexity index is 866. The molecule has 146 valence electrons. The highest BCUT2D eigenvalue weighted by Gasteiger charge is 2.41. The molecule has 1 fully saturated rings. The third kappa shape index (κ3) is 3.14. The number of carbonyl (C=O) groups is 2. The van der Waals surface area contributed by atoms with Gasteiger partial charge in [0, 0.05) is 5.92 Å². The number of hydrogen-bond donors (Lipinski definition) is 1. The van der Waals surface area contributed by atoms with Gasteiger partial charge in [-0.1, -0.05) is 48.5 Å². The fourth-order valence-electron chi connectivity index (χ4n) is 4.33. The molecule has 2 aromatic carbocycles. The van der Waals surface area contributed by atoms with Crippen molar-refractivity contribution in [3.63, 3.8) is 0 Å². The minimum Gasteiger partial charge on any atom is -0.480 e. The molecule has 1 unspecified atom stereocenters. The fourth-order valence-corrected chi connectivity index (χ4v) is 4.33. The van der Waals surface area contributed by atoms with Crippen LogP contribution < -0.4 is 0 Å². The Morgan fingerprint density at radius 3 is 2.21 bits per heavy atom. The lowest BCUT2D eigenvalue weighted by Crippen LogP contribution is -2.59. The number of ether oxygens (including phenoxy) is 2. The van der Waals surface area contributed by atoms with E-state index in [1.807, 2.05) is 43.3 Å². The second-order valence-corrected chi connectivity index (χ2v) is 7.39. The molecule has 1 aliphatic heterocycles. The zero-order valence-electron chi connectivity index (χ0n) is 15.9. The van der Waals surface area contributed by atoms with E-state index in [4.69, 9.17) is 9.47 Å². The number of carboxylic acid groups (broad SMARTS) is 1. The van der Waals surface area contributed by atoms with Gasteiger partial charge < -0.3 is 14.6 Å². The number of carbonyl (C=O) groups excluding carboxylic acids is 1. The second kappa shape index (κ2) is 7.28. The van der Waals surface area contributed by atoms with Gasteiger partial charge >= 0.3 is 12.1 Å². The Morgan fingerprint density at radius 2 is 1.64 bits per heavy atom. The number of morpholine rings is 1. The van der Waals surface area contributed by atoms with Crippen molar-refractivity contribution in [1.82, 2.24) is 4.90 Å². The van der Waals surface area contributed by atoms with Crippen molar-refractivity contribution in [1.29, 1.82) is 0 Å². The maximum absolute atomic E-state index is 12.8. The van der Waals surface area contributed by atoms with Gasteiger partial charge in [-0.15, -0.1) is 0 Å². The molecule has 4 rings (SSSR count). The highest BCUT2D eigenvalue weighted by Crippen LogP contribution is 2.44. The van der Waals surface area contributed by atoms with Crippen LogP contribution in [0.4, 0.5) is 4.79 Å². The van der Waals surface area contributed by atoms with Gasteiger partial charge in [-0.2, -0.15) is 0 Å². The molecule has 0 radical (unpaired) electrons. The second-order valence-electron chi connectivity index (χ2n) is 7.39. The average Bonchev–Trinajstić information content (AvgIpc) is 2.99. The van der Waals surface area contributed by atoms with Gasteiger partial charge in [0.15, 0.2) is 6.04 Å². The van der Waals surface area contributed by atoms with E-state index in [0.29, 0.717) is 0 Å². The van der Waals surface area contributed by atoms with Crippen molar-refractivity contribution in [2.24, 2.45) is 0 Å². The highest BCUT2D eigenvalue weighted by atomic mass is 16.6. The van der Waals surface area contributed by atoms with Gasteiger partial charge in [0.05, 0.1) is 18.8 Å². The van der Waals surface area contributed by atoms with Crippen LogP contribution in [0.2, 0.25) is 0 Å². The molecule has 2 aromatic rings. The van der Waals surface area contributed by atoms with Crippen molar-refractivity contribution in [3.8, 4) is 11.1 Å². The number of rotatable bonds is 3. The Balaban J connectivity index is 1.54. The quantitative estimate of drug-likeness (QED) is 0.881. The van der Waals surface area contributed by atoms with Crippen molar-refractivity contribution in [3.05, 3.63) is 59.7 Å².